The number of carbonyl (C=O) groups excluding carboxylic acids is 1. The van der Waals surface area contributed by atoms with Crippen molar-refractivity contribution in [3.05, 3.63) is 36.5 Å². The third-order valence-electron chi connectivity index (χ3n) is 2.91. The maximum Gasteiger partial charge on any atom is 0.573 e. The number of nitrogens with zero attached hydrogens (tertiary/aromatic N) is 5. The van der Waals surface area contributed by atoms with Crippen LogP contribution in [0.15, 0.2) is 30.7 Å². The van der Waals surface area contributed by atoms with Crippen LogP contribution in [0.4, 0.5) is 13.2 Å². The summed E-state index contributed by atoms with van der Waals surface area (Å²) in [4.78, 5) is 23.6. The van der Waals surface area contributed by atoms with Crippen molar-refractivity contribution in [1.29, 1.82) is 0 Å². The minimum absolute atomic E-state index is 0.123. The lowest BCUT2D eigenvalue weighted by Crippen LogP contribution is -2.17. The van der Waals surface area contributed by atoms with E-state index in [0.29, 0.717) is 17.0 Å². The van der Waals surface area contributed by atoms with Crippen molar-refractivity contribution in [3.8, 4) is 17.1 Å². The number of hydrogen-bond donors (Lipinski definition) is 0. The highest BCUT2D eigenvalue weighted by atomic mass is 19.4. The molecule has 0 spiro atoms. The van der Waals surface area contributed by atoms with Crippen molar-refractivity contribution in [2.45, 2.75) is 13.3 Å². The predicted octanol–water partition coefficient (Wildman–Crippen LogP) is 2.26. The van der Waals surface area contributed by atoms with Gasteiger partial charge in [0.2, 0.25) is 0 Å². The van der Waals surface area contributed by atoms with Gasteiger partial charge >= 0.3 is 12.3 Å². The Morgan fingerprint density at radius 2 is 1.96 bits per heavy atom. The summed E-state index contributed by atoms with van der Waals surface area (Å²) in [6.07, 6.45) is -1.06. The molecule has 0 amide bonds. The minimum atomic E-state index is -4.79. The standard InChI is InChI=1S/C14H10F3N5O3/c1-2-24-13(23)12-20-11-6-19-10(7-22(11)21-12)9-4-3-8(5-18-9)25-14(15,16)17/h3-7H,2H2,1H3. The van der Waals surface area contributed by atoms with Gasteiger partial charge in [-0.25, -0.2) is 14.3 Å². The zero-order valence-electron chi connectivity index (χ0n) is 12.7. The Kier molecular flexibility index (Phi) is 4.21. The minimum Gasteiger partial charge on any atom is -0.460 e. The van der Waals surface area contributed by atoms with Crippen molar-refractivity contribution in [2.75, 3.05) is 6.61 Å². The molecule has 25 heavy (non-hydrogen) atoms. The molecular formula is C14H10F3N5O3. The molecule has 0 bridgehead atoms. The Bertz CT molecular complexity index is 908. The maximum atomic E-state index is 12.1. The van der Waals surface area contributed by atoms with Gasteiger partial charge in [0.15, 0.2) is 5.65 Å². The molecule has 130 valence electrons. The summed E-state index contributed by atoms with van der Waals surface area (Å²) in [6, 6.07) is 2.44. The third kappa shape index (κ3) is 3.82. The Morgan fingerprint density at radius 1 is 1.20 bits per heavy atom. The van der Waals surface area contributed by atoms with Gasteiger partial charge in [-0.3, -0.25) is 4.98 Å². The number of halogens is 3. The van der Waals surface area contributed by atoms with Gasteiger partial charge in [0.25, 0.3) is 5.82 Å². The molecule has 8 nitrogen and oxygen atoms in total. The van der Waals surface area contributed by atoms with E-state index in [2.05, 4.69) is 24.8 Å². The van der Waals surface area contributed by atoms with E-state index < -0.39 is 18.1 Å². The van der Waals surface area contributed by atoms with Gasteiger partial charge in [-0.05, 0) is 19.1 Å². The summed E-state index contributed by atoms with van der Waals surface area (Å²) >= 11 is 0. The molecule has 0 N–H and O–H groups in total. The van der Waals surface area contributed by atoms with E-state index in [1.54, 1.807) is 6.92 Å². The van der Waals surface area contributed by atoms with Crippen LogP contribution in [0.25, 0.3) is 17.0 Å². The average Bonchev–Trinajstić information content (AvgIpc) is 2.97. The van der Waals surface area contributed by atoms with E-state index in [-0.39, 0.29) is 12.4 Å². The van der Waals surface area contributed by atoms with Gasteiger partial charge in [0.1, 0.15) is 11.4 Å². The second-order valence-electron chi connectivity index (χ2n) is 4.66. The van der Waals surface area contributed by atoms with Gasteiger partial charge in [-0.1, -0.05) is 0 Å². The zero-order chi connectivity index (χ0) is 18.0. The highest BCUT2D eigenvalue weighted by Crippen LogP contribution is 2.23. The molecule has 3 rings (SSSR count). The van der Waals surface area contributed by atoms with Gasteiger partial charge in [0, 0.05) is 0 Å². The van der Waals surface area contributed by atoms with Crippen molar-refractivity contribution in [1.82, 2.24) is 24.6 Å². The first-order valence-electron chi connectivity index (χ1n) is 6.97. The first-order valence-corrected chi connectivity index (χ1v) is 6.97. The molecule has 0 unspecified atom stereocenters. The largest absolute Gasteiger partial charge is 0.573 e. The van der Waals surface area contributed by atoms with E-state index in [1.807, 2.05) is 0 Å². The number of ether oxygens (including phenoxy) is 2. The van der Waals surface area contributed by atoms with Crippen LogP contribution in [0.2, 0.25) is 0 Å². The Hall–Kier alpha value is -3.24. The van der Waals surface area contributed by atoms with Crippen LogP contribution < -0.4 is 4.74 Å². The Labute approximate surface area is 138 Å². The molecule has 3 heterocycles. The fourth-order valence-electron chi connectivity index (χ4n) is 1.94. The van der Waals surface area contributed by atoms with E-state index in [0.717, 1.165) is 12.3 Å². The Morgan fingerprint density at radius 3 is 2.60 bits per heavy atom. The number of aromatic nitrogens is 5. The highest BCUT2D eigenvalue weighted by Gasteiger charge is 2.31. The molecule has 11 heteroatoms. The van der Waals surface area contributed by atoms with Crippen LogP contribution in [-0.4, -0.2) is 43.5 Å². The number of carbonyl (C=O) groups is 1. The second-order valence-corrected chi connectivity index (χ2v) is 4.66. The van der Waals surface area contributed by atoms with Crippen molar-refractivity contribution in [3.63, 3.8) is 0 Å². The summed E-state index contributed by atoms with van der Waals surface area (Å²) < 4.78 is 46.3. The SMILES string of the molecule is CCOC(=O)c1nc2cnc(-c3ccc(OC(F)(F)F)cn3)cn2n1. The van der Waals surface area contributed by atoms with E-state index in [4.69, 9.17) is 4.74 Å². The molecule has 0 aromatic carbocycles. The highest BCUT2D eigenvalue weighted by molar-refractivity contribution is 5.85. The second kappa shape index (κ2) is 6.34. The van der Waals surface area contributed by atoms with E-state index >= 15 is 0 Å². The summed E-state index contributed by atoms with van der Waals surface area (Å²) in [5, 5.41) is 3.97. The van der Waals surface area contributed by atoms with Crippen LogP contribution in [-0.2, 0) is 4.74 Å². The molecule has 0 fully saturated rings. The molecule has 0 radical (unpaired) electrons. The summed E-state index contributed by atoms with van der Waals surface area (Å²) in [5.74, 6) is -1.23. The van der Waals surface area contributed by atoms with Gasteiger partial charge in [-0.15, -0.1) is 18.3 Å². The smallest absolute Gasteiger partial charge is 0.460 e. The molecule has 0 atom stereocenters. The number of esters is 1. The summed E-state index contributed by atoms with van der Waals surface area (Å²) in [6.45, 7) is 1.85. The van der Waals surface area contributed by atoms with E-state index in [1.165, 1.54) is 23.0 Å². The maximum absolute atomic E-state index is 12.1. The molecule has 0 aliphatic carbocycles. The molecule has 0 saturated heterocycles. The molecule has 3 aromatic rings. The fraction of sp³-hybridized carbons (Fsp3) is 0.214. The van der Waals surface area contributed by atoms with Crippen LogP contribution in [0.1, 0.15) is 17.5 Å². The Balaban J connectivity index is 1.87. The fourth-order valence-corrected chi connectivity index (χ4v) is 1.94. The average molecular weight is 353 g/mol. The number of alkyl halides is 3. The van der Waals surface area contributed by atoms with Crippen LogP contribution in [0, 0.1) is 0 Å². The normalized spacial score (nSPS) is 11.5. The molecule has 0 aliphatic heterocycles. The van der Waals surface area contributed by atoms with Crippen molar-refractivity contribution < 1.29 is 27.4 Å². The number of hydrogen-bond acceptors (Lipinski definition) is 7. The molecule has 3 aromatic heterocycles. The first kappa shape index (κ1) is 16.6. The van der Waals surface area contributed by atoms with Gasteiger partial charge in [-0.2, -0.15) is 4.98 Å². The van der Waals surface area contributed by atoms with Crippen LogP contribution >= 0.6 is 0 Å². The molecule has 0 saturated carbocycles. The molecular weight excluding hydrogens is 343 g/mol. The number of pyridine rings is 1. The first-order chi connectivity index (χ1) is 11.9. The monoisotopic (exact) mass is 353 g/mol. The third-order valence-corrected chi connectivity index (χ3v) is 2.91. The van der Waals surface area contributed by atoms with Gasteiger partial charge < -0.3 is 9.47 Å². The lowest BCUT2D eigenvalue weighted by atomic mass is 10.3. The summed E-state index contributed by atoms with van der Waals surface area (Å²) in [7, 11) is 0. The predicted molar refractivity (Wildman–Crippen MR) is 76.7 cm³/mol. The molecule has 0 aliphatic rings. The van der Waals surface area contributed by atoms with E-state index in [9.17, 15) is 18.0 Å². The lowest BCUT2D eigenvalue weighted by Gasteiger charge is -2.08. The van der Waals surface area contributed by atoms with Crippen molar-refractivity contribution >= 4 is 11.6 Å². The van der Waals surface area contributed by atoms with Crippen molar-refractivity contribution in [2.24, 2.45) is 0 Å². The van der Waals surface area contributed by atoms with Crippen LogP contribution in [0.5, 0.6) is 5.75 Å². The topological polar surface area (TPSA) is 91.5 Å². The quantitative estimate of drug-likeness (QED) is 0.664. The van der Waals surface area contributed by atoms with Crippen LogP contribution in [0.3, 0.4) is 0 Å². The zero-order valence-corrected chi connectivity index (χ0v) is 12.7. The summed E-state index contributed by atoms with van der Waals surface area (Å²) in [5.41, 5.74) is 0.930. The number of fused-ring (bicyclic) bond motifs is 1. The lowest BCUT2D eigenvalue weighted by molar-refractivity contribution is -0.274. The van der Waals surface area contributed by atoms with Gasteiger partial charge in [0.05, 0.1) is 30.9 Å². The number of rotatable bonds is 4.